The fourth-order valence-electron chi connectivity index (χ4n) is 1.28. The Kier molecular flexibility index (Phi) is 1.55. The Labute approximate surface area is 73.9 Å². The van der Waals surface area contributed by atoms with Crippen molar-refractivity contribution in [3.63, 3.8) is 0 Å². The molecule has 0 radical (unpaired) electrons. The first-order valence-corrected chi connectivity index (χ1v) is 3.82. The minimum atomic E-state index is -0.528. The van der Waals surface area contributed by atoms with Gasteiger partial charge in [0.2, 0.25) is 0 Å². The number of benzene rings is 1. The van der Waals surface area contributed by atoms with Crippen LogP contribution in [0.3, 0.4) is 0 Å². The minimum absolute atomic E-state index is 0.204. The van der Waals surface area contributed by atoms with Gasteiger partial charge in [0.15, 0.2) is 0 Å². The number of nitro groups is 1. The fraction of sp³-hybridized carbons (Fsp3) is 0.111. The molecular formula is C9H7NO3. The molecule has 4 nitrogen and oxygen atoms in total. The van der Waals surface area contributed by atoms with E-state index < -0.39 is 4.92 Å². The number of nitrogens with zero attached hydrogens (tertiary/aromatic N) is 1. The van der Waals surface area contributed by atoms with E-state index in [0.717, 1.165) is 10.9 Å². The van der Waals surface area contributed by atoms with Crippen molar-refractivity contribution in [2.45, 2.75) is 6.92 Å². The molecule has 0 unspecified atom stereocenters. The molecule has 1 aromatic heterocycles. The van der Waals surface area contributed by atoms with Gasteiger partial charge in [0.05, 0.1) is 6.07 Å². The van der Waals surface area contributed by atoms with E-state index in [4.69, 9.17) is 4.42 Å². The van der Waals surface area contributed by atoms with E-state index in [-0.39, 0.29) is 5.88 Å². The highest BCUT2D eigenvalue weighted by atomic mass is 16.6. The summed E-state index contributed by atoms with van der Waals surface area (Å²) in [6.07, 6.45) is 0. The topological polar surface area (TPSA) is 56.3 Å². The van der Waals surface area contributed by atoms with Crippen LogP contribution < -0.4 is 0 Å². The van der Waals surface area contributed by atoms with Gasteiger partial charge in [0, 0.05) is 5.39 Å². The third-order valence-corrected chi connectivity index (χ3v) is 1.95. The number of hydrogen-bond acceptors (Lipinski definition) is 3. The Morgan fingerprint density at radius 2 is 2.23 bits per heavy atom. The van der Waals surface area contributed by atoms with E-state index in [9.17, 15) is 10.1 Å². The standard InChI is InChI=1S/C9H7NO3/c1-6-3-2-4-8-7(6)5-9(13-8)10(11)12/h2-5H,1H3. The van der Waals surface area contributed by atoms with Crippen LogP contribution in [-0.2, 0) is 0 Å². The quantitative estimate of drug-likeness (QED) is 0.497. The van der Waals surface area contributed by atoms with Crippen molar-refractivity contribution in [3.05, 3.63) is 39.9 Å². The molecule has 0 atom stereocenters. The van der Waals surface area contributed by atoms with Crippen LogP contribution in [0.25, 0.3) is 11.0 Å². The first kappa shape index (κ1) is 7.79. The number of aryl methyl sites for hydroxylation is 1. The van der Waals surface area contributed by atoms with Gasteiger partial charge in [-0.1, -0.05) is 12.1 Å². The molecule has 4 heteroatoms. The SMILES string of the molecule is Cc1cccc2oc([N+](=O)[O-])cc12. The largest absolute Gasteiger partial charge is 0.434 e. The first-order chi connectivity index (χ1) is 6.18. The number of rotatable bonds is 1. The summed E-state index contributed by atoms with van der Waals surface area (Å²) in [6.45, 7) is 1.89. The van der Waals surface area contributed by atoms with Gasteiger partial charge < -0.3 is 4.42 Å². The molecule has 2 rings (SSSR count). The van der Waals surface area contributed by atoms with E-state index in [1.807, 2.05) is 19.1 Å². The van der Waals surface area contributed by atoms with Crippen LogP contribution in [0.1, 0.15) is 5.56 Å². The van der Waals surface area contributed by atoms with Gasteiger partial charge in [-0.2, -0.15) is 0 Å². The van der Waals surface area contributed by atoms with Crippen LogP contribution >= 0.6 is 0 Å². The van der Waals surface area contributed by atoms with Gasteiger partial charge in [-0.15, -0.1) is 0 Å². The van der Waals surface area contributed by atoms with Crippen molar-refractivity contribution >= 4 is 16.9 Å². The molecule has 0 aliphatic heterocycles. The second-order valence-electron chi connectivity index (χ2n) is 2.83. The Morgan fingerprint density at radius 1 is 1.46 bits per heavy atom. The summed E-state index contributed by atoms with van der Waals surface area (Å²) in [7, 11) is 0. The van der Waals surface area contributed by atoms with Crippen molar-refractivity contribution in [2.75, 3.05) is 0 Å². The minimum Gasteiger partial charge on any atom is -0.401 e. The normalized spacial score (nSPS) is 10.5. The fourth-order valence-corrected chi connectivity index (χ4v) is 1.28. The van der Waals surface area contributed by atoms with Gasteiger partial charge in [-0.05, 0) is 18.6 Å². The zero-order chi connectivity index (χ0) is 9.42. The number of fused-ring (bicyclic) bond motifs is 1. The van der Waals surface area contributed by atoms with Crippen LogP contribution in [0.4, 0.5) is 5.88 Å². The zero-order valence-corrected chi connectivity index (χ0v) is 6.98. The van der Waals surface area contributed by atoms with Crippen molar-refractivity contribution in [3.8, 4) is 0 Å². The van der Waals surface area contributed by atoms with E-state index in [1.165, 1.54) is 6.07 Å². The molecule has 13 heavy (non-hydrogen) atoms. The highest BCUT2D eigenvalue weighted by Crippen LogP contribution is 2.26. The number of furan rings is 1. The zero-order valence-electron chi connectivity index (χ0n) is 6.98. The lowest BCUT2D eigenvalue weighted by Gasteiger charge is -1.89. The van der Waals surface area contributed by atoms with Crippen molar-refractivity contribution in [2.24, 2.45) is 0 Å². The maximum absolute atomic E-state index is 10.4. The van der Waals surface area contributed by atoms with Gasteiger partial charge in [-0.3, -0.25) is 10.1 Å². The maximum Gasteiger partial charge on any atom is 0.434 e. The smallest absolute Gasteiger partial charge is 0.401 e. The third kappa shape index (κ3) is 1.16. The molecule has 2 aromatic rings. The second-order valence-corrected chi connectivity index (χ2v) is 2.83. The molecule has 0 N–H and O–H groups in total. The van der Waals surface area contributed by atoms with E-state index in [1.54, 1.807) is 6.07 Å². The summed E-state index contributed by atoms with van der Waals surface area (Å²) in [5, 5.41) is 11.2. The van der Waals surface area contributed by atoms with Crippen LogP contribution in [0, 0.1) is 17.0 Å². The lowest BCUT2D eigenvalue weighted by Crippen LogP contribution is -1.82. The molecule has 0 aliphatic carbocycles. The summed E-state index contributed by atoms with van der Waals surface area (Å²) in [6, 6.07) is 6.87. The van der Waals surface area contributed by atoms with Crippen LogP contribution in [0.5, 0.6) is 0 Å². The lowest BCUT2D eigenvalue weighted by molar-refractivity contribution is -0.401. The van der Waals surface area contributed by atoms with Crippen molar-refractivity contribution in [1.82, 2.24) is 0 Å². The lowest BCUT2D eigenvalue weighted by atomic mass is 10.1. The third-order valence-electron chi connectivity index (χ3n) is 1.95. The van der Waals surface area contributed by atoms with Gasteiger partial charge in [0.1, 0.15) is 10.5 Å². The highest BCUT2D eigenvalue weighted by Gasteiger charge is 2.13. The predicted molar refractivity (Wildman–Crippen MR) is 47.6 cm³/mol. The Balaban J connectivity index is 2.75. The highest BCUT2D eigenvalue weighted by molar-refractivity contribution is 5.82. The van der Waals surface area contributed by atoms with Crippen LogP contribution in [-0.4, -0.2) is 4.92 Å². The van der Waals surface area contributed by atoms with E-state index >= 15 is 0 Å². The molecule has 66 valence electrons. The van der Waals surface area contributed by atoms with E-state index in [0.29, 0.717) is 5.58 Å². The van der Waals surface area contributed by atoms with Gasteiger partial charge in [0.25, 0.3) is 0 Å². The molecule has 0 amide bonds. The molecule has 0 aliphatic rings. The van der Waals surface area contributed by atoms with Crippen LogP contribution in [0.15, 0.2) is 28.7 Å². The van der Waals surface area contributed by atoms with Gasteiger partial charge in [-0.25, -0.2) is 0 Å². The van der Waals surface area contributed by atoms with E-state index in [2.05, 4.69) is 0 Å². The summed E-state index contributed by atoms with van der Waals surface area (Å²) in [5.41, 5.74) is 1.54. The molecule has 0 bridgehead atoms. The average Bonchev–Trinajstić information content (AvgIpc) is 2.49. The second kappa shape index (κ2) is 2.58. The summed E-state index contributed by atoms with van der Waals surface area (Å²) >= 11 is 0. The first-order valence-electron chi connectivity index (χ1n) is 3.82. The molecule has 1 aromatic carbocycles. The predicted octanol–water partition coefficient (Wildman–Crippen LogP) is 2.65. The molecule has 1 heterocycles. The molecule has 0 spiro atoms. The Bertz CT molecular complexity index is 473. The Morgan fingerprint density at radius 3 is 2.85 bits per heavy atom. The molecule has 0 saturated carbocycles. The van der Waals surface area contributed by atoms with Crippen LogP contribution in [0.2, 0.25) is 0 Å². The summed E-state index contributed by atoms with van der Waals surface area (Å²) < 4.78 is 5.01. The summed E-state index contributed by atoms with van der Waals surface area (Å²) in [4.78, 5) is 9.87. The van der Waals surface area contributed by atoms with Gasteiger partial charge >= 0.3 is 5.88 Å². The monoisotopic (exact) mass is 177 g/mol. The maximum atomic E-state index is 10.4. The Hall–Kier alpha value is -1.84. The van der Waals surface area contributed by atoms with Crippen molar-refractivity contribution in [1.29, 1.82) is 0 Å². The summed E-state index contributed by atoms with van der Waals surface area (Å²) in [5.74, 6) is -0.204. The van der Waals surface area contributed by atoms with Crippen molar-refractivity contribution < 1.29 is 9.34 Å². The molecular weight excluding hydrogens is 170 g/mol. The molecule has 0 fully saturated rings. The molecule has 0 saturated heterocycles. The average molecular weight is 177 g/mol. The number of hydrogen-bond donors (Lipinski definition) is 0.